The summed E-state index contributed by atoms with van der Waals surface area (Å²) in [6.45, 7) is 1.00. The second kappa shape index (κ2) is 13.5. The predicted molar refractivity (Wildman–Crippen MR) is 158 cm³/mol. The fourth-order valence-corrected chi connectivity index (χ4v) is 6.50. The summed E-state index contributed by atoms with van der Waals surface area (Å²) in [5.41, 5.74) is -2.46. The van der Waals surface area contributed by atoms with Gasteiger partial charge in [-0.25, -0.2) is 13.2 Å². The van der Waals surface area contributed by atoms with Gasteiger partial charge in [-0.3, -0.25) is 19.6 Å². The standard InChI is InChI=1S/C28H29F3N6O9S/c1-27(40,18-35-16-24(37(43)44)32-25(35)47(45,46)23-11-9-21(10-12-23)36(41)42)17-34-14-13-33(26(38)39)15-22(34)4-2-3-19-5-7-20(8-6-19)28(29,30)31/h2-3,5-12,16,22,40H,4,13-15,17-18H2,1H3,(H,38,39)/t22-,27-/m0/s1. The van der Waals surface area contributed by atoms with Crippen molar-refractivity contribution in [2.75, 3.05) is 26.2 Å². The largest absolute Gasteiger partial charge is 0.465 e. The third-order valence-electron chi connectivity index (χ3n) is 7.40. The number of piperazine rings is 1. The molecule has 1 aliphatic heterocycles. The number of nitro groups is 2. The molecular weight excluding hydrogens is 653 g/mol. The van der Waals surface area contributed by atoms with Crippen LogP contribution in [0.2, 0.25) is 0 Å². The highest BCUT2D eigenvalue weighted by atomic mass is 32.2. The van der Waals surface area contributed by atoms with Gasteiger partial charge in [0, 0.05) is 44.4 Å². The van der Waals surface area contributed by atoms with E-state index in [1.807, 2.05) is 0 Å². The minimum absolute atomic E-state index is 0.0269. The molecule has 15 nitrogen and oxygen atoms in total. The number of sulfone groups is 1. The average molecular weight is 683 g/mol. The summed E-state index contributed by atoms with van der Waals surface area (Å²) in [6.07, 6.45) is -1.33. The molecule has 1 saturated heterocycles. The van der Waals surface area contributed by atoms with E-state index in [9.17, 15) is 56.8 Å². The van der Waals surface area contributed by atoms with Crippen LogP contribution in [0.1, 0.15) is 24.5 Å². The number of benzene rings is 2. The molecule has 0 radical (unpaired) electrons. The van der Waals surface area contributed by atoms with Gasteiger partial charge in [0.2, 0.25) is 0 Å². The second-order valence-corrected chi connectivity index (χ2v) is 13.0. The van der Waals surface area contributed by atoms with E-state index in [0.717, 1.165) is 47.2 Å². The van der Waals surface area contributed by atoms with Gasteiger partial charge in [-0.15, -0.1) is 0 Å². The molecule has 2 heterocycles. The third-order valence-corrected chi connectivity index (χ3v) is 9.10. The Labute approximate surface area is 265 Å². The monoisotopic (exact) mass is 682 g/mol. The number of imidazole rings is 1. The first kappa shape index (κ1) is 35.0. The normalized spacial score (nSPS) is 17.5. The van der Waals surface area contributed by atoms with Gasteiger partial charge in [0.15, 0.2) is 0 Å². The smallest absolute Gasteiger partial charge is 0.416 e. The number of halogens is 3. The number of hydrogen-bond donors (Lipinski definition) is 2. The summed E-state index contributed by atoms with van der Waals surface area (Å²) in [5.74, 6) is -0.817. The van der Waals surface area contributed by atoms with Crippen molar-refractivity contribution in [3.8, 4) is 0 Å². The van der Waals surface area contributed by atoms with Crippen LogP contribution in [-0.2, 0) is 22.6 Å². The zero-order chi connectivity index (χ0) is 34.7. The first-order chi connectivity index (χ1) is 21.9. The minimum atomic E-state index is -4.55. The quantitative estimate of drug-likeness (QED) is 0.218. The Morgan fingerprint density at radius 3 is 2.23 bits per heavy atom. The molecule has 1 aromatic heterocycles. The molecule has 2 N–H and O–H groups in total. The molecule has 1 fully saturated rings. The summed E-state index contributed by atoms with van der Waals surface area (Å²) in [4.78, 5) is 38.7. The van der Waals surface area contributed by atoms with Gasteiger partial charge in [0.1, 0.15) is 6.20 Å². The molecule has 0 bridgehead atoms. The lowest BCUT2D eigenvalue weighted by Crippen LogP contribution is -2.58. The molecule has 2 atom stereocenters. The van der Waals surface area contributed by atoms with Crippen LogP contribution >= 0.6 is 0 Å². The number of rotatable bonds is 11. The highest BCUT2D eigenvalue weighted by molar-refractivity contribution is 7.91. The maximum absolute atomic E-state index is 13.4. The van der Waals surface area contributed by atoms with Gasteiger partial charge in [-0.05, 0) is 53.1 Å². The molecule has 19 heteroatoms. The van der Waals surface area contributed by atoms with Gasteiger partial charge in [-0.1, -0.05) is 24.3 Å². The van der Waals surface area contributed by atoms with E-state index in [1.165, 1.54) is 24.0 Å². The Bertz CT molecular complexity index is 1780. The Morgan fingerprint density at radius 2 is 1.68 bits per heavy atom. The molecule has 0 saturated carbocycles. The molecule has 1 aliphatic rings. The number of aliphatic hydroxyl groups is 1. The number of aromatic nitrogens is 2. The van der Waals surface area contributed by atoms with E-state index in [1.54, 1.807) is 17.1 Å². The number of non-ortho nitro benzene ring substituents is 1. The van der Waals surface area contributed by atoms with Gasteiger partial charge < -0.3 is 25.2 Å². The summed E-state index contributed by atoms with van der Waals surface area (Å²) >= 11 is 0. The molecule has 0 unspecified atom stereocenters. The number of nitrogens with zero attached hydrogens (tertiary/aromatic N) is 6. The van der Waals surface area contributed by atoms with E-state index in [0.29, 0.717) is 5.56 Å². The Kier molecular flexibility index (Phi) is 10.0. The van der Waals surface area contributed by atoms with Crippen molar-refractivity contribution in [2.45, 2.75) is 47.8 Å². The van der Waals surface area contributed by atoms with Gasteiger partial charge in [0.25, 0.3) is 15.5 Å². The average Bonchev–Trinajstić information content (AvgIpc) is 3.42. The van der Waals surface area contributed by atoms with Crippen LogP contribution in [0.3, 0.4) is 0 Å². The van der Waals surface area contributed by atoms with Gasteiger partial charge in [0.05, 0.1) is 27.5 Å². The highest BCUT2D eigenvalue weighted by Gasteiger charge is 2.38. The first-order valence-corrected chi connectivity index (χ1v) is 15.3. The maximum atomic E-state index is 13.4. The van der Waals surface area contributed by atoms with Crippen LogP contribution in [0.5, 0.6) is 0 Å². The fourth-order valence-electron chi connectivity index (χ4n) is 5.15. The molecule has 0 aliphatic carbocycles. The lowest BCUT2D eigenvalue weighted by Gasteiger charge is -2.43. The van der Waals surface area contributed by atoms with Crippen molar-refractivity contribution in [2.24, 2.45) is 0 Å². The number of carboxylic acid groups (broad SMARTS) is 1. The van der Waals surface area contributed by atoms with Crippen molar-refractivity contribution in [1.82, 2.24) is 19.4 Å². The summed E-state index contributed by atoms with van der Waals surface area (Å²) in [5, 5.41) is 42.7. The topological polar surface area (TPSA) is 202 Å². The van der Waals surface area contributed by atoms with Crippen molar-refractivity contribution in [3.63, 3.8) is 0 Å². The molecule has 3 aromatic rings. The Morgan fingerprint density at radius 1 is 1.04 bits per heavy atom. The summed E-state index contributed by atoms with van der Waals surface area (Å²) < 4.78 is 66.4. The predicted octanol–water partition coefficient (Wildman–Crippen LogP) is 4.07. The van der Waals surface area contributed by atoms with E-state index < -0.39 is 71.6 Å². The molecular formula is C28H29F3N6O9S. The zero-order valence-electron chi connectivity index (χ0n) is 24.6. The minimum Gasteiger partial charge on any atom is -0.465 e. The SMILES string of the molecule is C[C@](O)(CN1CCN(C(=O)O)C[C@@H]1CC=Cc1ccc(C(F)(F)F)cc1)Cn1cc([N+](=O)[O-])nc1S(=O)(=O)c1ccc([N+](=O)[O-])cc1. The number of carbonyl (C=O) groups is 1. The summed E-state index contributed by atoms with van der Waals surface area (Å²) in [6, 6.07) is 7.78. The molecule has 2 aromatic carbocycles. The second-order valence-electron chi connectivity index (χ2n) is 11.1. The molecule has 252 valence electrons. The van der Waals surface area contributed by atoms with Crippen molar-refractivity contribution in [3.05, 3.63) is 92.2 Å². The van der Waals surface area contributed by atoms with Crippen LogP contribution in [-0.4, -0.2) is 91.7 Å². The van der Waals surface area contributed by atoms with E-state index >= 15 is 0 Å². The number of nitro benzene ring substituents is 1. The number of amides is 1. The maximum Gasteiger partial charge on any atom is 0.416 e. The highest BCUT2D eigenvalue weighted by Crippen LogP contribution is 2.30. The zero-order valence-corrected chi connectivity index (χ0v) is 25.5. The third kappa shape index (κ3) is 8.48. The van der Waals surface area contributed by atoms with E-state index in [-0.39, 0.29) is 38.3 Å². The number of hydrogen-bond acceptors (Lipinski definition) is 10. The van der Waals surface area contributed by atoms with E-state index in [2.05, 4.69) is 4.98 Å². The van der Waals surface area contributed by atoms with Gasteiger partial charge in [-0.2, -0.15) is 13.2 Å². The molecule has 1 amide bonds. The van der Waals surface area contributed by atoms with Crippen molar-refractivity contribution < 1.29 is 46.4 Å². The number of alkyl halides is 3. The van der Waals surface area contributed by atoms with Crippen LogP contribution in [0.25, 0.3) is 6.08 Å². The van der Waals surface area contributed by atoms with Crippen LogP contribution < -0.4 is 0 Å². The van der Waals surface area contributed by atoms with Gasteiger partial charge >= 0.3 is 23.2 Å². The molecule has 4 rings (SSSR count). The fraction of sp³-hybridized carbons (Fsp3) is 0.357. The van der Waals surface area contributed by atoms with Crippen LogP contribution in [0.15, 0.2) is 70.9 Å². The van der Waals surface area contributed by atoms with Crippen molar-refractivity contribution in [1.29, 1.82) is 0 Å². The summed E-state index contributed by atoms with van der Waals surface area (Å²) in [7, 11) is -4.55. The first-order valence-electron chi connectivity index (χ1n) is 13.9. The lowest BCUT2D eigenvalue weighted by molar-refractivity contribution is -0.389. The Hall–Kier alpha value is -4.88. The van der Waals surface area contributed by atoms with Crippen LogP contribution in [0, 0.1) is 20.2 Å². The Balaban J connectivity index is 1.56. The van der Waals surface area contributed by atoms with Crippen LogP contribution in [0.4, 0.5) is 29.5 Å². The van der Waals surface area contributed by atoms with Crippen molar-refractivity contribution >= 4 is 33.5 Å². The molecule has 47 heavy (non-hydrogen) atoms. The molecule has 0 spiro atoms. The van der Waals surface area contributed by atoms with E-state index in [4.69, 9.17) is 0 Å². The lowest BCUT2D eigenvalue weighted by atomic mass is 10.0. The number of β-amino-alcohol motifs (C(OH)–C–C–N with tert-alkyl or cyclic N) is 1.